The van der Waals surface area contributed by atoms with Gasteiger partial charge in [-0.15, -0.1) is 0 Å². The van der Waals surface area contributed by atoms with Gasteiger partial charge < -0.3 is 0 Å². The van der Waals surface area contributed by atoms with E-state index in [1.54, 1.807) is 0 Å². The van der Waals surface area contributed by atoms with E-state index in [0.717, 1.165) is 24.7 Å². The van der Waals surface area contributed by atoms with E-state index in [4.69, 9.17) is 0 Å². The minimum atomic E-state index is 0.568. The van der Waals surface area contributed by atoms with E-state index in [1.165, 1.54) is 64.2 Å². The summed E-state index contributed by atoms with van der Waals surface area (Å²) < 4.78 is 0. The molecular formula is C15H26O. The summed E-state index contributed by atoms with van der Waals surface area (Å²) in [7, 11) is 0. The van der Waals surface area contributed by atoms with Crippen LogP contribution in [0, 0.1) is 11.8 Å². The number of hydrogen-bond acceptors (Lipinski definition) is 1. The second-order valence-electron chi connectivity index (χ2n) is 5.95. The normalized spacial score (nSPS) is 24.5. The summed E-state index contributed by atoms with van der Waals surface area (Å²) in [6, 6.07) is 0. The van der Waals surface area contributed by atoms with Crippen LogP contribution in [0.15, 0.2) is 0 Å². The topological polar surface area (TPSA) is 17.1 Å². The predicted molar refractivity (Wildman–Crippen MR) is 67.4 cm³/mol. The first-order valence-corrected chi connectivity index (χ1v) is 7.36. The first kappa shape index (κ1) is 12.1. The van der Waals surface area contributed by atoms with Crippen molar-refractivity contribution in [2.45, 2.75) is 77.0 Å². The van der Waals surface area contributed by atoms with Gasteiger partial charge in [-0.2, -0.15) is 0 Å². The van der Waals surface area contributed by atoms with Crippen molar-refractivity contribution >= 4 is 5.78 Å². The van der Waals surface area contributed by atoms with Crippen molar-refractivity contribution in [1.29, 1.82) is 0 Å². The molecule has 0 bridgehead atoms. The van der Waals surface area contributed by atoms with Crippen molar-refractivity contribution in [3.05, 3.63) is 0 Å². The zero-order chi connectivity index (χ0) is 11.2. The van der Waals surface area contributed by atoms with Crippen LogP contribution in [0.2, 0.25) is 0 Å². The molecule has 0 saturated heterocycles. The minimum Gasteiger partial charge on any atom is -0.300 e. The lowest BCUT2D eigenvalue weighted by Gasteiger charge is -2.14. The lowest BCUT2D eigenvalue weighted by atomic mass is 9.90. The van der Waals surface area contributed by atoms with Gasteiger partial charge in [0.1, 0.15) is 5.78 Å². The van der Waals surface area contributed by atoms with Crippen LogP contribution >= 0.6 is 0 Å². The molecule has 0 aromatic heterocycles. The Hall–Kier alpha value is -0.330. The van der Waals surface area contributed by atoms with Gasteiger partial charge in [0.2, 0.25) is 0 Å². The van der Waals surface area contributed by atoms with Gasteiger partial charge in [-0.3, -0.25) is 4.79 Å². The maximum Gasteiger partial charge on any atom is 0.133 e. The number of rotatable bonds is 4. The van der Waals surface area contributed by atoms with Gasteiger partial charge >= 0.3 is 0 Å². The highest BCUT2D eigenvalue weighted by molar-refractivity contribution is 5.78. The van der Waals surface area contributed by atoms with Crippen LogP contribution < -0.4 is 0 Å². The zero-order valence-corrected chi connectivity index (χ0v) is 10.5. The van der Waals surface area contributed by atoms with Crippen LogP contribution in [-0.2, 0) is 4.79 Å². The van der Waals surface area contributed by atoms with Crippen LogP contribution in [0.25, 0.3) is 0 Å². The average molecular weight is 222 g/mol. The van der Waals surface area contributed by atoms with Crippen molar-refractivity contribution in [3.63, 3.8) is 0 Å². The molecule has 0 amide bonds. The number of Topliss-reactive ketones (excluding diaryl/α,β-unsaturated/α-hetero) is 1. The lowest BCUT2D eigenvalue weighted by Crippen LogP contribution is -2.11. The van der Waals surface area contributed by atoms with Crippen molar-refractivity contribution in [3.8, 4) is 0 Å². The summed E-state index contributed by atoms with van der Waals surface area (Å²) in [5.41, 5.74) is 0. The molecule has 0 N–H and O–H groups in total. The third-order valence-corrected chi connectivity index (χ3v) is 4.48. The second-order valence-corrected chi connectivity index (χ2v) is 5.95. The molecule has 16 heavy (non-hydrogen) atoms. The number of ketones is 1. The summed E-state index contributed by atoms with van der Waals surface area (Å²) in [4.78, 5) is 12.0. The van der Waals surface area contributed by atoms with Gasteiger partial charge in [-0.1, -0.05) is 64.2 Å². The van der Waals surface area contributed by atoms with Crippen molar-refractivity contribution in [2.24, 2.45) is 11.8 Å². The van der Waals surface area contributed by atoms with Crippen molar-refractivity contribution < 1.29 is 4.79 Å². The average Bonchev–Trinajstić information content (AvgIpc) is 2.62. The minimum absolute atomic E-state index is 0.568. The Balaban J connectivity index is 1.68. The Morgan fingerprint density at radius 1 is 0.688 bits per heavy atom. The molecule has 92 valence electrons. The van der Waals surface area contributed by atoms with E-state index in [0.29, 0.717) is 5.78 Å². The highest BCUT2D eigenvalue weighted by Gasteiger charge is 2.21. The van der Waals surface area contributed by atoms with Crippen LogP contribution in [0.1, 0.15) is 77.0 Å². The largest absolute Gasteiger partial charge is 0.300 e. The molecule has 2 saturated carbocycles. The molecular weight excluding hydrogens is 196 g/mol. The zero-order valence-electron chi connectivity index (χ0n) is 10.5. The molecule has 2 rings (SSSR count). The monoisotopic (exact) mass is 222 g/mol. The first-order chi connectivity index (χ1) is 7.84. The summed E-state index contributed by atoms with van der Waals surface area (Å²) in [6.07, 6.45) is 15.3. The van der Waals surface area contributed by atoms with Crippen molar-refractivity contribution in [1.82, 2.24) is 0 Å². The highest BCUT2D eigenvalue weighted by atomic mass is 16.1. The summed E-state index contributed by atoms with van der Waals surface area (Å²) in [5.74, 6) is 2.05. The standard InChI is InChI=1S/C15H26O/c16-15(12-14-9-5-6-10-14)11-13-7-3-1-2-4-8-13/h13-14H,1-12H2. The van der Waals surface area contributed by atoms with Gasteiger partial charge in [0.25, 0.3) is 0 Å². The van der Waals surface area contributed by atoms with Gasteiger partial charge in [0, 0.05) is 12.8 Å². The SMILES string of the molecule is O=C(CC1CCCCCC1)CC1CCCC1. The van der Waals surface area contributed by atoms with E-state index in [1.807, 2.05) is 0 Å². The quantitative estimate of drug-likeness (QED) is 0.640. The molecule has 0 atom stereocenters. The summed E-state index contributed by atoms with van der Waals surface area (Å²) in [6.45, 7) is 0. The van der Waals surface area contributed by atoms with Crippen LogP contribution in [-0.4, -0.2) is 5.78 Å². The van der Waals surface area contributed by atoms with Crippen LogP contribution in [0.5, 0.6) is 0 Å². The predicted octanol–water partition coefficient (Wildman–Crippen LogP) is 4.50. The molecule has 1 heteroatoms. The molecule has 2 fully saturated rings. The Bertz CT molecular complexity index is 207. The Labute approximate surface area is 100.0 Å². The molecule has 0 unspecified atom stereocenters. The fourth-order valence-electron chi connectivity index (χ4n) is 3.51. The van der Waals surface area contributed by atoms with E-state index >= 15 is 0 Å². The van der Waals surface area contributed by atoms with E-state index in [2.05, 4.69) is 0 Å². The van der Waals surface area contributed by atoms with E-state index in [-0.39, 0.29) is 0 Å². The molecule has 1 nitrogen and oxygen atoms in total. The molecule has 0 aromatic carbocycles. The number of hydrogen-bond donors (Lipinski definition) is 0. The van der Waals surface area contributed by atoms with E-state index in [9.17, 15) is 4.79 Å². The molecule has 0 aliphatic heterocycles. The van der Waals surface area contributed by atoms with Gasteiger partial charge in [-0.05, 0) is 11.8 Å². The second kappa shape index (κ2) is 6.42. The third-order valence-electron chi connectivity index (χ3n) is 4.48. The summed E-state index contributed by atoms with van der Waals surface area (Å²) in [5, 5.41) is 0. The van der Waals surface area contributed by atoms with Gasteiger partial charge in [0.05, 0.1) is 0 Å². The van der Waals surface area contributed by atoms with Crippen LogP contribution in [0.3, 0.4) is 0 Å². The number of carbonyl (C=O) groups excluding carboxylic acids is 1. The Morgan fingerprint density at radius 2 is 1.06 bits per heavy atom. The van der Waals surface area contributed by atoms with Crippen LogP contribution in [0.4, 0.5) is 0 Å². The molecule has 2 aliphatic carbocycles. The fourth-order valence-corrected chi connectivity index (χ4v) is 3.51. The Morgan fingerprint density at radius 3 is 1.50 bits per heavy atom. The highest BCUT2D eigenvalue weighted by Crippen LogP contribution is 2.30. The maximum atomic E-state index is 12.0. The molecule has 0 aromatic rings. The van der Waals surface area contributed by atoms with Gasteiger partial charge in [0.15, 0.2) is 0 Å². The van der Waals surface area contributed by atoms with Crippen molar-refractivity contribution in [2.75, 3.05) is 0 Å². The Kier molecular flexibility index (Phi) is 4.87. The summed E-state index contributed by atoms with van der Waals surface area (Å²) >= 11 is 0. The fraction of sp³-hybridized carbons (Fsp3) is 0.933. The third kappa shape index (κ3) is 3.92. The van der Waals surface area contributed by atoms with E-state index < -0.39 is 0 Å². The maximum absolute atomic E-state index is 12.0. The molecule has 0 spiro atoms. The molecule has 0 radical (unpaired) electrons. The van der Waals surface area contributed by atoms with Gasteiger partial charge in [-0.25, -0.2) is 0 Å². The number of carbonyl (C=O) groups is 1. The lowest BCUT2D eigenvalue weighted by molar-refractivity contribution is -0.120. The smallest absolute Gasteiger partial charge is 0.133 e. The molecule has 2 aliphatic rings. The first-order valence-electron chi connectivity index (χ1n) is 7.36. The molecule has 0 heterocycles.